The fourth-order valence-corrected chi connectivity index (χ4v) is 4.87. The zero-order valence-corrected chi connectivity index (χ0v) is 19.5. The van der Waals surface area contributed by atoms with Gasteiger partial charge in [0.2, 0.25) is 0 Å². The molecule has 3 heterocycles. The van der Waals surface area contributed by atoms with Crippen molar-refractivity contribution in [1.82, 2.24) is 9.80 Å². The highest BCUT2D eigenvalue weighted by molar-refractivity contribution is 6.46. The lowest BCUT2D eigenvalue weighted by molar-refractivity contribution is -0.125. The molecular formula is C24H29ClFN3O3. The van der Waals surface area contributed by atoms with Crippen LogP contribution in [0, 0.1) is 5.82 Å². The number of carbonyl (C=O) groups excluding carboxylic acids is 2. The molecule has 0 N–H and O–H groups in total. The third-order valence-electron chi connectivity index (χ3n) is 6.21. The second kappa shape index (κ2) is 8.85. The van der Waals surface area contributed by atoms with Gasteiger partial charge in [-0.25, -0.2) is 9.18 Å². The molecule has 0 unspecified atom stereocenters. The first-order chi connectivity index (χ1) is 15.1. The van der Waals surface area contributed by atoms with Crippen molar-refractivity contribution in [1.29, 1.82) is 0 Å². The van der Waals surface area contributed by atoms with Crippen LogP contribution in [0.4, 0.5) is 9.18 Å². The standard InChI is InChI=1S/C24H29ClFN3O3/c1-24(2,3)32-23(31)29-12-9-18-16(14-29)13-27-21(18)22(30)28-10-7-15(8-11-28)17-5-4-6-19(26)20(17)25/h4-6,15H,7-14H2,1-3H3. The maximum atomic E-state index is 13.8. The highest BCUT2D eigenvalue weighted by Gasteiger charge is 2.35. The van der Waals surface area contributed by atoms with Gasteiger partial charge in [0.25, 0.3) is 5.91 Å². The van der Waals surface area contributed by atoms with Gasteiger partial charge in [-0.1, -0.05) is 23.7 Å². The van der Waals surface area contributed by atoms with E-state index >= 15 is 0 Å². The Balaban J connectivity index is 1.37. The highest BCUT2D eigenvalue weighted by Crippen LogP contribution is 2.35. The van der Waals surface area contributed by atoms with E-state index in [1.165, 1.54) is 6.07 Å². The lowest BCUT2D eigenvalue weighted by Gasteiger charge is -2.34. The molecule has 0 radical (unpaired) electrons. The van der Waals surface area contributed by atoms with Crippen LogP contribution in [-0.2, 0) is 9.53 Å². The predicted molar refractivity (Wildman–Crippen MR) is 122 cm³/mol. The summed E-state index contributed by atoms with van der Waals surface area (Å²) in [6.07, 6.45) is 1.75. The Labute approximate surface area is 193 Å². The minimum atomic E-state index is -0.541. The van der Waals surface area contributed by atoms with E-state index < -0.39 is 11.4 Å². The Hall–Kier alpha value is -2.41. The summed E-state index contributed by atoms with van der Waals surface area (Å²) in [5.41, 5.74) is 2.81. The number of halogens is 2. The third-order valence-corrected chi connectivity index (χ3v) is 6.61. The van der Waals surface area contributed by atoms with Crippen LogP contribution in [0.25, 0.3) is 0 Å². The number of aliphatic imine (C=N–C) groups is 1. The van der Waals surface area contributed by atoms with Gasteiger partial charge in [0.15, 0.2) is 0 Å². The number of amides is 2. The van der Waals surface area contributed by atoms with Gasteiger partial charge < -0.3 is 14.5 Å². The number of hydrogen-bond acceptors (Lipinski definition) is 4. The number of piperidine rings is 1. The van der Waals surface area contributed by atoms with Gasteiger partial charge in [-0.15, -0.1) is 0 Å². The van der Waals surface area contributed by atoms with Crippen molar-refractivity contribution in [2.24, 2.45) is 4.99 Å². The lowest BCUT2D eigenvalue weighted by Crippen LogP contribution is -2.44. The fraction of sp³-hybridized carbons (Fsp3) is 0.542. The van der Waals surface area contributed by atoms with Crippen LogP contribution in [0.1, 0.15) is 51.5 Å². The molecule has 0 bridgehead atoms. The average Bonchev–Trinajstić information content (AvgIpc) is 3.17. The average molecular weight is 462 g/mol. The Morgan fingerprint density at radius 3 is 2.56 bits per heavy atom. The number of benzene rings is 1. The molecule has 0 aliphatic carbocycles. The van der Waals surface area contributed by atoms with Gasteiger partial charge in [-0.3, -0.25) is 9.79 Å². The minimum Gasteiger partial charge on any atom is -0.444 e. The summed E-state index contributed by atoms with van der Waals surface area (Å²) >= 11 is 6.16. The maximum absolute atomic E-state index is 13.8. The number of nitrogens with zero attached hydrogens (tertiary/aromatic N) is 3. The van der Waals surface area contributed by atoms with Crippen LogP contribution in [0.5, 0.6) is 0 Å². The highest BCUT2D eigenvalue weighted by atomic mass is 35.5. The molecule has 6 nitrogen and oxygen atoms in total. The Morgan fingerprint density at radius 1 is 1.16 bits per heavy atom. The van der Waals surface area contributed by atoms with Crippen LogP contribution >= 0.6 is 11.6 Å². The predicted octanol–water partition coefficient (Wildman–Crippen LogP) is 4.58. The molecule has 1 aromatic rings. The fourth-order valence-electron chi connectivity index (χ4n) is 4.59. The smallest absolute Gasteiger partial charge is 0.410 e. The largest absolute Gasteiger partial charge is 0.444 e. The van der Waals surface area contributed by atoms with E-state index in [0.29, 0.717) is 44.9 Å². The van der Waals surface area contributed by atoms with Crippen molar-refractivity contribution in [2.75, 3.05) is 32.7 Å². The van der Waals surface area contributed by atoms with Crippen LogP contribution < -0.4 is 0 Å². The van der Waals surface area contributed by atoms with Gasteiger partial charge in [-0.2, -0.15) is 0 Å². The molecule has 32 heavy (non-hydrogen) atoms. The van der Waals surface area contributed by atoms with Crippen molar-refractivity contribution >= 4 is 29.3 Å². The number of ether oxygens (including phenoxy) is 1. The molecule has 3 aliphatic rings. The van der Waals surface area contributed by atoms with Gasteiger partial charge >= 0.3 is 6.09 Å². The molecule has 0 saturated carbocycles. The summed E-state index contributed by atoms with van der Waals surface area (Å²) in [5, 5.41) is 0.184. The number of hydrogen-bond donors (Lipinski definition) is 0. The van der Waals surface area contributed by atoms with Crippen LogP contribution in [-0.4, -0.2) is 65.8 Å². The summed E-state index contributed by atoms with van der Waals surface area (Å²) in [7, 11) is 0. The molecule has 3 aliphatic heterocycles. The summed E-state index contributed by atoms with van der Waals surface area (Å²) in [6, 6.07) is 4.91. The Kier molecular flexibility index (Phi) is 6.30. The van der Waals surface area contributed by atoms with Gasteiger partial charge in [0.1, 0.15) is 17.1 Å². The monoisotopic (exact) mass is 461 g/mol. The molecule has 8 heteroatoms. The van der Waals surface area contributed by atoms with E-state index in [2.05, 4.69) is 4.99 Å². The molecule has 0 atom stereocenters. The third kappa shape index (κ3) is 4.68. The topological polar surface area (TPSA) is 62.2 Å². The van der Waals surface area contributed by atoms with Crippen LogP contribution in [0.2, 0.25) is 5.02 Å². The second-order valence-electron chi connectivity index (χ2n) is 9.61. The first-order valence-electron chi connectivity index (χ1n) is 11.1. The zero-order valence-electron chi connectivity index (χ0n) is 18.8. The first kappa shape index (κ1) is 22.8. The maximum Gasteiger partial charge on any atom is 0.410 e. The Morgan fingerprint density at radius 2 is 1.88 bits per heavy atom. The molecule has 4 rings (SSSR count). The summed E-state index contributed by atoms with van der Waals surface area (Å²) in [4.78, 5) is 33.6. The van der Waals surface area contributed by atoms with Crippen molar-refractivity contribution < 1.29 is 18.7 Å². The molecule has 0 aromatic heterocycles. The zero-order chi connectivity index (χ0) is 23.0. The van der Waals surface area contributed by atoms with E-state index in [0.717, 1.165) is 29.6 Å². The van der Waals surface area contributed by atoms with Gasteiger partial charge in [0, 0.05) is 26.2 Å². The van der Waals surface area contributed by atoms with E-state index in [9.17, 15) is 14.0 Å². The summed E-state index contributed by atoms with van der Waals surface area (Å²) < 4.78 is 19.3. The SMILES string of the molecule is CC(C)(C)OC(=O)N1CCC2=C(CN=C2C(=O)N2CCC(c3cccc(F)c3Cl)CC2)C1. The van der Waals surface area contributed by atoms with E-state index in [1.54, 1.807) is 11.0 Å². The number of rotatable bonds is 2. The van der Waals surface area contributed by atoms with Crippen molar-refractivity contribution in [3.05, 3.63) is 45.7 Å². The molecule has 172 valence electrons. The quantitative estimate of drug-likeness (QED) is 0.647. The minimum absolute atomic E-state index is 0.0514. The molecular weight excluding hydrogens is 433 g/mol. The lowest BCUT2D eigenvalue weighted by atomic mass is 9.89. The summed E-state index contributed by atoms with van der Waals surface area (Å²) in [5.74, 6) is -0.315. The van der Waals surface area contributed by atoms with Crippen molar-refractivity contribution in [2.45, 2.75) is 51.6 Å². The molecule has 1 fully saturated rings. The Bertz CT molecular complexity index is 991. The van der Waals surface area contributed by atoms with Crippen LogP contribution in [0.3, 0.4) is 0 Å². The van der Waals surface area contributed by atoms with Gasteiger partial charge in [-0.05, 0) is 68.7 Å². The van der Waals surface area contributed by atoms with E-state index in [-0.39, 0.29) is 22.9 Å². The number of carbonyl (C=O) groups is 2. The molecule has 2 amide bonds. The van der Waals surface area contributed by atoms with Crippen LogP contribution in [0.15, 0.2) is 34.3 Å². The molecule has 1 saturated heterocycles. The molecule has 0 spiro atoms. The number of likely N-dealkylation sites (tertiary alicyclic amines) is 1. The van der Waals surface area contributed by atoms with E-state index in [1.807, 2.05) is 31.7 Å². The van der Waals surface area contributed by atoms with E-state index in [4.69, 9.17) is 16.3 Å². The molecule has 1 aromatic carbocycles. The summed E-state index contributed by atoms with van der Waals surface area (Å²) in [6.45, 7) is 8.13. The normalized spacial score (nSPS) is 19.7. The van der Waals surface area contributed by atoms with Gasteiger partial charge in [0.05, 0.1) is 11.6 Å². The van der Waals surface area contributed by atoms with Crippen molar-refractivity contribution in [3.63, 3.8) is 0 Å². The second-order valence-corrected chi connectivity index (χ2v) is 9.99. The first-order valence-corrected chi connectivity index (χ1v) is 11.5. The van der Waals surface area contributed by atoms with Crippen molar-refractivity contribution in [3.8, 4) is 0 Å².